The molecule has 0 bridgehead atoms. The third-order valence-electron chi connectivity index (χ3n) is 6.49. The Morgan fingerprint density at radius 1 is 0.953 bits per heavy atom. The number of carbonyl (C=O) groups is 3. The van der Waals surface area contributed by atoms with Crippen molar-refractivity contribution in [3.05, 3.63) is 77.9 Å². The van der Waals surface area contributed by atoms with Crippen molar-refractivity contribution in [2.45, 2.75) is 31.9 Å². The maximum Gasteiger partial charge on any atom is 0.338 e. The number of anilines is 1. The molecule has 0 spiro atoms. The Bertz CT molecular complexity index is 1480. The Labute approximate surface area is 255 Å². The lowest BCUT2D eigenvalue weighted by Gasteiger charge is -2.17. The highest BCUT2D eigenvalue weighted by Gasteiger charge is 2.39. The Kier molecular flexibility index (Phi) is 11.0. The van der Waals surface area contributed by atoms with Crippen LogP contribution in [0, 0.1) is 0 Å². The van der Waals surface area contributed by atoms with Gasteiger partial charge in [0.2, 0.25) is 11.8 Å². The SMILES string of the molecule is CCOC(=O)c1ccc(N=C2SC(CC(=O)Nc3cccc(OCC)c3)C(=O)N2CCc2ccc(OC)c(OC)c2)cc1. The third-order valence-corrected chi connectivity index (χ3v) is 7.67. The van der Waals surface area contributed by atoms with Crippen LogP contribution in [0.3, 0.4) is 0 Å². The predicted octanol–water partition coefficient (Wildman–Crippen LogP) is 5.48. The smallest absolute Gasteiger partial charge is 0.338 e. The zero-order valence-corrected chi connectivity index (χ0v) is 25.4. The van der Waals surface area contributed by atoms with E-state index >= 15 is 0 Å². The summed E-state index contributed by atoms with van der Waals surface area (Å²) in [4.78, 5) is 45.0. The number of ether oxygens (including phenoxy) is 4. The van der Waals surface area contributed by atoms with E-state index in [4.69, 9.17) is 23.9 Å². The topological polar surface area (TPSA) is 116 Å². The summed E-state index contributed by atoms with van der Waals surface area (Å²) in [5, 5.41) is 2.69. The normalized spacial score (nSPS) is 15.3. The molecule has 226 valence electrons. The molecule has 1 N–H and O–H groups in total. The molecule has 10 nitrogen and oxygen atoms in total. The number of methoxy groups -OCH3 is 2. The molecule has 1 unspecified atom stereocenters. The summed E-state index contributed by atoms with van der Waals surface area (Å²) in [5.74, 6) is 0.953. The summed E-state index contributed by atoms with van der Waals surface area (Å²) >= 11 is 1.24. The molecule has 0 aromatic heterocycles. The molecule has 43 heavy (non-hydrogen) atoms. The quantitative estimate of drug-likeness (QED) is 0.255. The minimum absolute atomic E-state index is 0.0317. The molecular formula is C32H35N3O7S. The fourth-order valence-electron chi connectivity index (χ4n) is 4.42. The third kappa shape index (κ3) is 8.29. The Hall–Kier alpha value is -4.51. The van der Waals surface area contributed by atoms with Crippen LogP contribution in [0.5, 0.6) is 17.2 Å². The van der Waals surface area contributed by atoms with Gasteiger partial charge in [-0.05, 0) is 74.4 Å². The number of nitrogens with one attached hydrogen (secondary N) is 1. The average Bonchev–Trinajstić information content (AvgIpc) is 3.29. The number of benzene rings is 3. The summed E-state index contributed by atoms with van der Waals surface area (Å²) < 4.78 is 21.3. The molecule has 3 aromatic carbocycles. The van der Waals surface area contributed by atoms with Crippen LogP contribution in [-0.2, 0) is 20.7 Å². The van der Waals surface area contributed by atoms with Gasteiger partial charge in [-0.1, -0.05) is 23.9 Å². The summed E-state index contributed by atoms with van der Waals surface area (Å²) in [6, 6.07) is 19.4. The second kappa shape index (κ2) is 15.1. The zero-order valence-electron chi connectivity index (χ0n) is 24.6. The monoisotopic (exact) mass is 605 g/mol. The van der Waals surface area contributed by atoms with Crippen molar-refractivity contribution in [3.63, 3.8) is 0 Å². The number of amidine groups is 1. The zero-order chi connectivity index (χ0) is 30.8. The van der Waals surface area contributed by atoms with Gasteiger partial charge in [-0.25, -0.2) is 9.79 Å². The Balaban J connectivity index is 1.53. The van der Waals surface area contributed by atoms with Gasteiger partial charge < -0.3 is 24.3 Å². The molecule has 0 radical (unpaired) electrons. The first-order valence-corrected chi connectivity index (χ1v) is 14.8. The first-order valence-electron chi connectivity index (χ1n) is 13.9. The Morgan fingerprint density at radius 3 is 2.42 bits per heavy atom. The number of amides is 2. The van der Waals surface area contributed by atoms with E-state index in [-0.39, 0.29) is 24.8 Å². The minimum Gasteiger partial charge on any atom is -0.494 e. The van der Waals surface area contributed by atoms with Crippen molar-refractivity contribution >= 4 is 46.1 Å². The number of esters is 1. The van der Waals surface area contributed by atoms with Crippen LogP contribution in [0.25, 0.3) is 0 Å². The van der Waals surface area contributed by atoms with Gasteiger partial charge in [0.1, 0.15) is 11.0 Å². The van der Waals surface area contributed by atoms with Crippen LogP contribution in [-0.4, -0.2) is 67.1 Å². The lowest BCUT2D eigenvalue weighted by molar-refractivity contribution is -0.128. The van der Waals surface area contributed by atoms with Gasteiger partial charge in [0.25, 0.3) is 0 Å². The van der Waals surface area contributed by atoms with Crippen molar-refractivity contribution in [2.75, 3.05) is 39.3 Å². The van der Waals surface area contributed by atoms with Gasteiger partial charge in [-0.3, -0.25) is 14.5 Å². The van der Waals surface area contributed by atoms with Crippen LogP contribution in [0.4, 0.5) is 11.4 Å². The second-order valence-electron chi connectivity index (χ2n) is 9.41. The van der Waals surface area contributed by atoms with Crippen molar-refractivity contribution in [3.8, 4) is 17.2 Å². The first kappa shape index (κ1) is 31.4. The van der Waals surface area contributed by atoms with E-state index in [1.165, 1.54) is 11.8 Å². The molecule has 0 aliphatic carbocycles. The van der Waals surface area contributed by atoms with Crippen molar-refractivity contribution < 1.29 is 33.3 Å². The highest BCUT2D eigenvalue weighted by Crippen LogP contribution is 2.33. The van der Waals surface area contributed by atoms with E-state index in [0.29, 0.717) is 58.9 Å². The van der Waals surface area contributed by atoms with E-state index in [1.807, 2.05) is 31.2 Å². The average molecular weight is 606 g/mol. The maximum absolute atomic E-state index is 13.6. The van der Waals surface area contributed by atoms with Crippen molar-refractivity contribution in [1.82, 2.24) is 4.90 Å². The van der Waals surface area contributed by atoms with E-state index in [2.05, 4.69) is 5.32 Å². The predicted molar refractivity (Wildman–Crippen MR) is 167 cm³/mol. The maximum atomic E-state index is 13.6. The summed E-state index contributed by atoms with van der Waals surface area (Å²) in [6.45, 7) is 4.77. The lowest BCUT2D eigenvalue weighted by Crippen LogP contribution is -2.35. The fraction of sp³-hybridized carbons (Fsp3) is 0.312. The summed E-state index contributed by atoms with van der Waals surface area (Å²) in [5.41, 5.74) is 2.52. The molecule has 1 heterocycles. The molecule has 1 aliphatic heterocycles. The van der Waals surface area contributed by atoms with Gasteiger partial charge in [0.05, 0.1) is 38.7 Å². The van der Waals surface area contributed by atoms with Crippen LogP contribution in [0.15, 0.2) is 71.7 Å². The summed E-state index contributed by atoms with van der Waals surface area (Å²) in [6.07, 6.45) is 0.493. The van der Waals surface area contributed by atoms with E-state index < -0.39 is 11.2 Å². The fourth-order valence-corrected chi connectivity index (χ4v) is 5.60. The van der Waals surface area contributed by atoms with Crippen LogP contribution < -0.4 is 19.5 Å². The molecular weight excluding hydrogens is 570 g/mol. The van der Waals surface area contributed by atoms with Crippen molar-refractivity contribution in [2.24, 2.45) is 4.99 Å². The second-order valence-corrected chi connectivity index (χ2v) is 10.6. The molecule has 3 aromatic rings. The largest absolute Gasteiger partial charge is 0.494 e. The number of aliphatic imine (C=N–C) groups is 1. The van der Waals surface area contributed by atoms with Gasteiger partial charge in [0.15, 0.2) is 16.7 Å². The number of carbonyl (C=O) groups excluding carboxylic acids is 3. The lowest BCUT2D eigenvalue weighted by atomic mass is 10.1. The minimum atomic E-state index is -0.655. The number of nitrogens with zero attached hydrogens (tertiary/aromatic N) is 2. The molecule has 2 amide bonds. The van der Waals surface area contributed by atoms with Crippen LogP contribution in [0.2, 0.25) is 0 Å². The van der Waals surface area contributed by atoms with Gasteiger partial charge in [0, 0.05) is 24.7 Å². The first-order chi connectivity index (χ1) is 20.8. The van der Waals surface area contributed by atoms with Crippen LogP contribution in [0.1, 0.15) is 36.2 Å². The molecule has 1 fully saturated rings. The van der Waals surface area contributed by atoms with Crippen molar-refractivity contribution in [1.29, 1.82) is 0 Å². The number of rotatable bonds is 13. The molecule has 1 saturated heterocycles. The summed E-state index contributed by atoms with van der Waals surface area (Å²) in [7, 11) is 3.15. The molecule has 4 rings (SSSR count). The van der Waals surface area contributed by atoms with Gasteiger partial charge in [-0.15, -0.1) is 0 Å². The molecule has 1 aliphatic rings. The molecule has 11 heteroatoms. The van der Waals surface area contributed by atoms with E-state index in [9.17, 15) is 14.4 Å². The number of hydrogen-bond acceptors (Lipinski definition) is 9. The number of hydrogen-bond donors (Lipinski definition) is 1. The standard InChI is InChI=1S/C32H35N3O7S/c1-5-41-25-9-7-8-24(19-25)33-29(36)20-28-30(37)35(17-16-21-10-15-26(39-3)27(18-21)40-4)32(43-28)34-23-13-11-22(12-14-23)31(38)42-6-2/h7-15,18-19,28H,5-6,16-17,20H2,1-4H3,(H,33,36). The molecule has 1 atom stereocenters. The van der Waals surface area contributed by atoms with E-state index in [1.54, 1.807) is 68.5 Å². The van der Waals surface area contributed by atoms with Crippen LogP contribution >= 0.6 is 11.8 Å². The highest BCUT2D eigenvalue weighted by molar-refractivity contribution is 8.15. The van der Waals surface area contributed by atoms with Gasteiger partial charge >= 0.3 is 5.97 Å². The highest BCUT2D eigenvalue weighted by atomic mass is 32.2. The van der Waals surface area contributed by atoms with Gasteiger partial charge in [-0.2, -0.15) is 0 Å². The Morgan fingerprint density at radius 2 is 1.72 bits per heavy atom. The van der Waals surface area contributed by atoms with E-state index in [0.717, 1.165) is 5.56 Å². The number of thioether (sulfide) groups is 1. The molecule has 0 saturated carbocycles.